The van der Waals surface area contributed by atoms with Gasteiger partial charge in [0.1, 0.15) is 28.8 Å². The lowest BCUT2D eigenvalue weighted by atomic mass is 9.81. The van der Waals surface area contributed by atoms with Crippen LogP contribution >= 0.6 is 0 Å². The summed E-state index contributed by atoms with van der Waals surface area (Å²) >= 11 is 0. The number of carbonyl (C=O) groups excluding carboxylic acids is 1. The van der Waals surface area contributed by atoms with Crippen LogP contribution in [0, 0.1) is 28.8 Å². The smallest absolute Gasteiger partial charge is 0.274 e. The molecule has 1 amide bonds. The van der Waals surface area contributed by atoms with Crippen LogP contribution in [0.4, 0.5) is 18.9 Å². The Balaban J connectivity index is 1.66. The molecule has 186 valence electrons. The molecule has 3 aromatic rings. The summed E-state index contributed by atoms with van der Waals surface area (Å²) in [5, 5.41) is 12.0. The normalized spacial score (nSPS) is 17.9. The van der Waals surface area contributed by atoms with Gasteiger partial charge in [-0.2, -0.15) is 5.26 Å². The predicted molar refractivity (Wildman–Crippen MR) is 130 cm³/mol. The highest BCUT2D eigenvalue weighted by atomic mass is 19.1. The highest BCUT2D eigenvalue weighted by molar-refractivity contribution is 6.03. The first kappa shape index (κ1) is 25.3. The highest BCUT2D eigenvalue weighted by Crippen LogP contribution is 2.36. The van der Waals surface area contributed by atoms with Crippen LogP contribution in [0.2, 0.25) is 0 Å². The van der Waals surface area contributed by atoms with Gasteiger partial charge in [-0.15, -0.1) is 0 Å². The molecule has 3 N–H and O–H groups in total. The number of amides is 1. The van der Waals surface area contributed by atoms with E-state index in [-0.39, 0.29) is 23.2 Å². The van der Waals surface area contributed by atoms with E-state index in [1.54, 1.807) is 6.20 Å². The summed E-state index contributed by atoms with van der Waals surface area (Å²) in [5.41, 5.74) is 4.88. The third-order valence-corrected chi connectivity index (χ3v) is 6.62. The third kappa shape index (κ3) is 5.09. The van der Waals surface area contributed by atoms with Crippen molar-refractivity contribution in [2.75, 3.05) is 5.32 Å². The molecule has 0 bridgehead atoms. The number of benzene rings is 1. The number of hydrogen-bond acceptors (Lipinski definition) is 5. The van der Waals surface area contributed by atoms with Gasteiger partial charge >= 0.3 is 0 Å². The minimum absolute atomic E-state index is 0.0803. The number of halogens is 3. The Morgan fingerprint density at radius 3 is 2.53 bits per heavy atom. The molecule has 2 atom stereocenters. The second-order valence-electron chi connectivity index (χ2n) is 9.62. The van der Waals surface area contributed by atoms with Crippen LogP contribution in [0.5, 0.6) is 0 Å². The summed E-state index contributed by atoms with van der Waals surface area (Å²) in [6, 6.07) is 7.92. The highest BCUT2D eigenvalue weighted by Gasteiger charge is 2.27. The Bertz CT molecular complexity index is 1330. The fourth-order valence-electron chi connectivity index (χ4n) is 4.53. The number of nitriles is 1. The number of nitrogens with two attached hydrogens (primary N) is 1. The van der Waals surface area contributed by atoms with Crippen molar-refractivity contribution < 1.29 is 18.0 Å². The minimum atomic E-state index is -1.16. The SMILES string of the molecule is CC(C)(C#N)c1cc(F)c(-c2nc(C(=O)Nc3cnccc3[C@@H]3CCC[C@H](N)C3)ccc2F)c(F)c1. The quantitative estimate of drug-likeness (QED) is 0.481. The zero-order valence-corrected chi connectivity index (χ0v) is 20.0. The Kier molecular flexibility index (Phi) is 7.09. The van der Waals surface area contributed by atoms with Crippen molar-refractivity contribution in [1.29, 1.82) is 5.26 Å². The lowest BCUT2D eigenvalue weighted by molar-refractivity contribution is 0.102. The number of aromatic nitrogens is 2. The molecule has 6 nitrogen and oxygen atoms in total. The van der Waals surface area contributed by atoms with E-state index < -0.39 is 40.0 Å². The standard InChI is InChI=1S/C27H26F3N5O/c1-27(2,14-31)16-11-20(29)24(21(30)12-16)25-19(28)6-7-22(34-25)26(36)35-23-13-33-9-8-18(23)15-4-3-5-17(32)10-15/h6-9,11-13,15,17H,3-5,10,32H2,1-2H3,(H,35,36)/t15-,17+/m1/s1. The van der Waals surface area contributed by atoms with Crippen molar-refractivity contribution in [2.45, 2.75) is 56.9 Å². The zero-order chi connectivity index (χ0) is 26.0. The van der Waals surface area contributed by atoms with E-state index in [2.05, 4.69) is 15.3 Å². The molecular weight excluding hydrogens is 467 g/mol. The van der Waals surface area contributed by atoms with E-state index in [0.717, 1.165) is 55.5 Å². The molecule has 1 fully saturated rings. The molecule has 2 heterocycles. The van der Waals surface area contributed by atoms with Gasteiger partial charge in [-0.05, 0) is 80.5 Å². The van der Waals surface area contributed by atoms with Gasteiger partial charge in [0.15, 0.2) is 0 Å². The molecule has 1 aliphatic rings. The third-order valence-electron chi connectivity index (χ3n) is 6.62. The largest absolute Gasteiger partial charge is 0.328 e. The van der Waals surface area contributed by atoms with Crippen molar-refractivity contribution >= 4 is 11.6 Å². The Hall–Kier alpha value is -3.77. The van der Waals surface area contributed by atoms with E-state index in [4.69, 9.17) is 5.73 Å². The average Bonchev–Trinajstić information content (AvgIpc) is 2.85. The van der Waals surface area contributed by atoms with Gasteiger partial charge < -0.3 is 11.1 Å². The number of nitrogens with one attached hydrogen (secondary N) is 1. The predicted octanol–water partition coefficient (Wildman–Crippen LogP) is 5.60. The first-order chi connectivity index (χ1) is 17.1. The first-order valence-corrected chi connectivity index (χ1v) is 11.7. The summed E-state index contributed by atoms with van der Waals surface area (Å²) in [5.74, 6) is -3.67. The second-order valence-corrected chi connectivity index (χ2v) is 9.62. The van der Waals surface area contributed by atoms with Gasteiger partial charge in [0, 0.05) is 12.2 Å². The summed E-state index contributed by atoms with van der Waals surface area (Å²) in [6.07, 6.45) is 6.80. The van der Waals surface area contributed by atoms with Crippen LogP contribution in [0.1, 0.15) is 67.1 Å². The van der Waals surface area contributed by atoms with Gasteiger partial charge in [0.2, 0.25) is 0 Å². The number of anilines is 1. The van der Waals surface area contributed by atoms with Crippen molar-refractivity contribution in [2.24, 2.45) is 5.73 Å². The Morgan fingerprint density at radius 1 is 1.14 bits per heavy atom. The summed E-state index contributed by atoms with van der Waals surface area (Å²) in [4.78, 5) is 21.1. The second kappa shape index (κ2) is 10.1. The molecule has 0 aliphatic heterocycles. The zero-order valence-electron chi connectivity index (χ0n) is 20.0. The molecule has 1 aromatic carbocycles. The average molecular weight is 494 g/mol. The van der Waals surface area contributed by atoms with Crippen LogP contribution in [0.15, 0.2) is 42.7 Å². The molecule has 0 radical (unpaired) electrons. The molecule has 1 aliphatic carbocycles. The van der Waals surface area contributed by atoms with E-state index in [1.807, 2.05) is 12.1 Å². The molecule has 0 unspecified atom stereocenters. The molecular formula is C27H26F3N5O. The molecule has 1 saturated carbocycles. The maximum atomic E-state index is 14.9. The Morgan fingerprint density at radius 2 is 1.86 bits per heavy atom. The summed E-state index contributed by atoms with van der Waals surface area (Å²) in [6.45, 7) is 3.02. The van der Waals surface area contributed by atoms with Gasteiger partial charge in [0.05, 0.1) is 28.9 Å². The lowest BCUT2D eigenvalue weighted by Gasteiger charge is -2.28. The number of nitrogens with zero attached hydrogens (tertiary/aromatic N) is 3. The number of pyridine rings is 2. The maximum Gasteiger partial charge on any atom is 0.274 e. The minimum Gasteiger partial charge on any atom is -0.328 e. The van der Waals surface area contributed by atoms with Crippen molar-refractivity contribution in [3.8, 4) is 17.3 Å². The number of carbonyl (C=O) groups is 1. The van der Waals surface area contributed by atoms with E-state index in [1.165, 1.54) is 20.0 Å². The van der Waals surface area contributed by atoms with Crippen molar-refractivity contribution in [3.63, 3.8) is 0 Å². The lowest BCUT2D eigenvalue weighted by Crippen LogP contribution is -2.27. The monoisotopic (exact) mass is 493 g/mol. The van der Waals surface area contributed by atoms with Gasteiger partial charge in [0.25, 0.3) is 5.91 Å². The summed E-state index contributed by atoms with van der Waals surface area (Å²) in [7, 11) is 0. The topological polar surface area (TPSA) is 105 Å². The van der Waals surface area contributed by atoms with Crippen molar-refractivity contribution in [3.05, 3.63) is 77.0 Å². The van der Waals surface area contributed by atoms with Crippen LogP contribution in [-0.2, 0) is 5.41 Å². The maximum absolute atomic E-state index is 14.9. The van der Waals surface area contributed by atoms with Gasteiger partial charge in [-0.25, -0.2) is 18.2 Å². The molecule has 9 heteroatoms. The molecule has 4 rings (SSSR count). The fraction of sp³-hybridized carbons (Fsp3) is 0.333. The summed E-state index contributed by atoms with van der Waals surface area (Å²) < 4.78 is 44.5. The number of rotatable bonds is 5. The number of hydrogen-bond donors (Lipinski definition) is 2. The van der Waals surface area contributed by atoms with Crippen LogP contribution in [0.25, 0.3) is 11.3 Å². The molecule has 2 aromatic heterocycles. The van der Waals surface area contributed by atoms with Gasteiger partial charge in [-0.3, -0.25) is 9.78 Å². The van der Waals surface area contributed by atoms with Gasteiger partial charge in [-0.1, -0.05) is 6.42 Å². The fourth-order valence-corrected chi connectivity index (χ4v) is 4.53. The van der Waals surface area contributed by atoms with Crippen LogP contribution in [0.3, 0.4) is 0 Å². The van der Waals surface area contributed by atoms with Crippen LogP contribution in [-0.4, -0.2) is 21.9 Å². The molecule has 0 spiro atoms. The Labute approximate surface area is 207 Å². The van der Waals surface area contributed by atoms with Crippen molar-refractivity contribution in [1.82, 2.24) is 9.97 Å². The first-order valence-electron chi connectivity index (χ1n) is 11.7. The van der Waals surface area contributed by atoms with E-state index in [9.17, 15) is 23.2 Å². The molecule has 36 heavy (non-hydrogen) atoms. The van der Waals surface area contributed by atoms with Crippen LogP contribution < -0.4 is 11.1 Å². The molecule has 0 saturated heterocycles. The van der Waals surface area contributed by atoms with E-state index >= 15 is 0 Å². The van der Waals surface area contributed by atoms with E-state index in [0.29, 0.717) is 5.69 Å².